The van der Waals surface area contributed by atoms with E-state index in [-0.39, 0.29) is 12.1 Å². The lowest BCUT2D eigenvalue weighted by atomic mass is 10.1. The number of benzene rings is 1. The predicted molar refractivity (Wildman–Crippen MR) is 125 cm³/mol. The number of nitrogens with zero attached hydrogens (tertiary/aromatic N) is 5. The highest BCUT2D eigenvalue weighted by molar-refractivity contribution is 5.74. The summed E-state index contributed by atoms with van der Waals surface area (Å²) in [5.74, 6) is 0. The van der Waals surface area contributed by atoms with Gasteiger partial charge in [0.2, 0.25) is 0 Å². The number of fused-ring (bicyclic) bond motifs is 1. The van der Waals surface area contributed by atoms with Gasteiger partial charge in [0.1, 0.15) is 6.10 Å². The minimum absolute atomic E-state index is 0.0684. The van der Waals surface area contributed by atoms with Crippen LogP contribution >= 0.6 is 0 Å². The van der Waals surface area contributed by atoms with Gasteiger partial charge in [0.15, 0.2) is 11.2 Å². The zero-order chi connectivity index (χ0) is 23.7. The van der Waals surface area contributed by atoms with E-state index in [1.54, 1.807) is 16.5 Å². The van der Waals surface area contributed by atoms with Crippen molar-refractivity contribution in [3.63, 3.8) is 0 Å². The lowest BCUT2D eigenvalue weighted by Gasteiger charge is -2.31. The van der Waals surface area contributed by atoms with Gasteiger partial charge in [0, 0.05) is 46.6 Å². The van der Waals surface area contributed by atoms with Crippen molar-refractivity contribution in [3.05, 3.63) is 56.2 Å². The lowest BCUT2D eigenvalue weighted by molar-refractivity contribution is 0.101. The van der Waals surface area contributed by atoms with Crippen molar-refractivity contribution in [2.45, 2.75) is 39.3 Å². The monoisotopic (exact) mass is 454 g/mol. The number of hydrogen-bond donors (Lipinski definition) is 1. The second kappa shape index (κ2) is 9.13. The van der Waals surface area contributed by atoms with Crippen LogP contribution in [0.15, 0.2) is 33.9 Å². The van der Waals surface area contributed by atoms with Gasteiger partial charge in [-0.25, -0.2) is 9.59 Å². The maximum absolute atomic E-state index is 13.0. The first-order valence-electron chi connectivity index (χ1n) is 11.2. The average molecular weight is 455 g/mol. The number of rotatable bonds is 5. The van der Waals surface area contributed by atoms with Crippen LogP contribution in [-0.2, 0) is 20.6 Å². The summed E-state index contributed by atoms with van der Waals surface area (Å²) < 4.78 is 10.5. The van der Waals surface area contributed by atoms with Gasteiger partial charge in [-0.3, -0.25) is 18.5 Å². The van der Waals surface area contributed by atoms with Gasteiger partial charge in [-0.2, -0.15) is 4.98 Å². The molecule has 3 heterocycles. The first-order valence-corrected chi connectivity index (χ1v) is 11.2. The lowest BCUT2D eigenvalue weighted by Crippen LogP contribution is -2.46. The maximum atomic E-state index is 13.0. The Morgan fingerprint density at radius 1 is 1.18 bits per heavy atom. The molecule has 0 bridgehead atoms. The largest absolute Gasteiger partial charge is 0.461 e. The van der Waals surface area contributed by atoms with E-state index in [4.69, 9.17) is 4.74 Å². The molecule has 4 rings (SSSR count). The third kappa shape index (κ3) is 4.37. The number of hydrogen-bond acceptors (Lipinski definition) is 5. The molecule has 10 heteroatoms. The Balaban J connectivity index is 1.69. The summed E-state index contributed by atoms with van der Waals surface area (Å²) in [6, 6.07) is 8.25. The highest BCUT2D eigenvalue weighted by Crippen LogP contribution is 2.24. The molecule has 1 aromatic carbocycles. The number of aromatic nitrogens is 4. The third-order valence-electron chi connectivity index (χ3n) is 6.07. The zero-order valence-electron chi connectivity index (χ0n) is 19.5. The van der Waals surface area contributed by atoms with Crippen molar-refractivity contribution in [2.24, 2.45) is 14.1 Å². The van der Waals surface area contributed by atoms with Crippen molar-refractivity contribution < 1.29 is 9.53 Å². The first-order chi connectivity index (χ1) is 15.8. The smallest absolute Gasteiger partial charge is 0.332 e. The SMILES string of the molecule is CCNC(=O)N1CCC(Oc2nc3c(c(=O)n(C)c(=O)n3C)n2Cc2cccc(C)c2)CC1. The molecule has 2 aromatic heterocycles. The summed E-state index contributed by atoms with van der Waals surface area (Å²) in [7, 11) is 3.06. The van der Waals surface area contributed by atoms with Crippen LogP contribution < -0.4 is 21.3 Å². The zero-order valence-corrected chi connectivity index (χ0v) is 19.5. The summed E-state index contributed by atoms with van der Waals surface area (Å²) in [5, 5.41) is 2.82. The number of piperidine rings is 1. The van der Waals surface area contributed by atoms with E-state index in [0.717, 1.165) is 15.7 Å². The van der Waals surface area contributed by atoms with Gasteiger partial charge in [0.05, 0.1) is 6.54 Å². The number of amides is 2. The number of ether oxygens (including phenoxy) is 1. The third-order valence-corrected chi connectivity index (χ3v) is 6.07. The Morgan fingerprint density at radius 2 is 1.91 bits per heavy atom. The molecule has 0 atom stereocenters. The second-order valence-corrected chi connectivity index (χ2v) is 8.49. The topological polar surface area (TPSA) is 103 Å². The molecule has 2 amide bonds. The molecule has 1 fully saturated rings. The van der Waals surface area contributed by atoms with Gasteiger partial charge in [-0.1, -0.05) is 29.8 Å². The van der Waals surface area contributed by atoms with Crippen LogP contribution in [0.3, 0.4) is 0 Å². The molecular formula is C23H30N6O4. The van der Waals surface area contributed by atoms with Crippen LogP contribution in [0.4, 0.5) is 4.79 Å². The van der Waals surface area contributed by atoms with Gasteiger partial charge in [-0.15, -0.1) is 0 Å². The predicted octanol–water partition coefficient (Wildman–Crippen LogP) is 1.36. The van der Waals surface area contributed by atoms with E-state index in [9.17, 15) is 14.4 Å². The van der Waals surface area contributed by atoms with Gasteiger partial charge < -0.3 is 15.0 Å². The second-order valence-electron chi connectivity index (χ2n) is 8.49. The number of nitrogens with one attached hydrogen (secondary N) is 1. The quantitative estimate of drug-likeness (QED) is 0.627. The Bertz CT molecular complexity index is 1300. The number of aryl methyl sites for hydroxylation is 2. The molecule has 0 aliphatic carbocycles. The Morgan fingerprint density at radius 3 is 2.58 bits per heavy atom. The summed E-state index contributed by atoms with van der Waals surface area (Å²) in [6.07, 6.45) is 1.16. The van der Waals surface area contributed by atoms with Crippen LogP contribution in [-0.4, -0.2) is 55.4 Å². The number of likely N-dealkylation sites (tertiary alicyclic amines) is 1. The van der Waals surface area contributed by atoms with E-state index in [1.807, 2.05) is 38.1 Å². The maximum Gasteiger partial charge on any atom is 0.332 e. The van der Waals surface area contributed by atoms with Gasteiger partial charge >= 0.3 is 11.7 Å². The summed E-state index contributed by atoms with van der Waals surface area (Å²) in [5.41, 5.74) is 1.89. The van der Waals surface area contributed by atoms with Crippen LogP contribution in [0, 0.1) is 6.92 Å². The molecule has 1 aliphatic rings. The molecule has 0 unspecified atom stereocenters. The standard InChI is InChI=1S/C23H30N6O4/c1-5-24-21(31)28-11-9-17(10-12-28)33-22-25-19-18(20(30)27(4)23(32)26(19)3)29(22)14-16-8-6-7-15(2)13-16/h6-8,13,17H,5,9-12,14H2,1-4H3,(H,24,31). The number of urea groups is 1. The van der Waals surface area contributed by atoms with Crippen LogP contribution in [0.2, 0.25) is 0 Å². The molecule has 0 spiro atoms. The Labute approximate surface area is 191 Å². The molecule has 1 aliphatic heterocycles. The van der Waals surface area contributed by atoms with E-state index >= 15 is 0 Å². The number of carbonyl (C=O) groups excluding carboxylic acids is 1. The van der Waals surface area contributed by atoms with Crippen molar-refractivity contribution >= 4 is 17.2 Å². The van der Waals surface area contributed by atoms with E-state index in [0.29, 0.717) is 56.2 Å². The normalized spacial score (nSPS) is 14.6. The van der Waals surface area contributed by atoms with Crippen molar-refractivity contribution in [1.82, 2.24) is 28.9 Å². The summed E-state index contributed by atoms with van der Waals surface area (Å²) in [6.45, 7) is 6.04. The molecule has 10 nitrogen and oxygen atoms in total. The van der Waals surface area contributed by atoms with Gasteiger partial charge in [0.25, 0.3) is 11.6 Å². The van der Waals surface area contributed by atoms with E-state index in [1.165, 1.54) is 11.6 Å². The molecule has 1 N–H and O–H groups in total. The molecule has 176 valence electrons. The molecular weight excluding hydrogens is 424 g/mol. The molecule has 33 heavy (non-hydrogen) atoms. The highest BCUT2D eigenvalue weighted by atomic mass is 16.5. The van der Waals surface area contributed by atoms with Crippen molar-refractivity contribution in [3.8, 4) is 6.01 Å². The fraction of sp³-hybridized carbons (Fsp3) is 0.478. The Kier molecular flexibility index (Phi) is 6.26. The molecule has 0 radical (unpaired) electrons. The molecule has 3 aromatic rings. The van der Waals surface area contributed by atoms with Crippen LogP contribution in [0.1, 0.15) is 30.9 Å². The number of carbonyl (C=O) groups is 1. The summed E-state index contributed by atoms with van der Waals surface area (Å²) in [4.78, 5) is 43.9. The first kappa shape index (κ1) is 22.6. The van der Waals surface area contributed by atoms with E-state index < -0.39 is 11.2 Å². The average Bonchev–Trinajstić information content (AvgIpc) is 3.15. The molecule has 0 saturated carbocycles. The highest BCUT2D eigenvalue weighted by Gasteiger charge is 2.27. The fourth-order valence-electron chi connectivity index (χ4n) is 4.25. The van der Waals surface area contributed by atoms with Gasteiger partial charge in [-0.05, 0) is 19.4 Å². The Hall–Kier alpha value is -3.56. The molecule has 1 saturated heterocycles. The van der Waals surface area contributed by atoms with E-state index in [2.05, 4.69) is 10.3 Å². The minimum Gasteiger partial charge on any atom is -0.461 e. The van der Waals surface area contributed by atoms with Crippen molar-refractivity contribution in [2.75, 3.05) is 19.6 Å². The fourth-order valence-corrected chi connectivity index (χ4v) is 4.25. The van der Waals surface area contributed by atoms with Crippen molar-refractivity contribution in [1.29, 1.82) is 0 Å². The number of imidazole rings is 1. The summed E-state index contributed by atoms with van der Waals surface area (Å²) >= 11 is 0. The minimum atomic E-state index is -0.436. The van der Waals surface area contributed by atoms with Crippen LogP contribution in [0.5, 0.6) is 6.01 Å². The van der Waals surface area contributed by atoms with Crippen LogP contribution in [0.25, 0.3) is 11.2 Å².